The zero-order valence-electron chi connectivity index (χ0n) is 14.6. The molecule has 25 heavy (non-hydrogen) atoms. The van der Waals surface area contributed by atoms with Crippen LogP contribution in [0.2, 0.25) is 10.0 Å². The average molecular weight is 379 g/mol. The van der Waals surface area contributed by atoms with Crippen LogP contribution in [-0.4, -0.2) is 18.5 Å². The first-order chi connectivity index (χ1) is 11.9. The van der Waals surface area contributed by atoms with Crippen LogP contribution in [0.25, 0.3) is 0 Å². The molecule has 132 valence electrons. The van der Waals surface area contributed by atoms with Crippen LogP contribution in [0.15, 0.2) is 46.7 Å². The van der Waals surface area contributed by atoms with Gasteiger partial charge in [-0.3, -0.25) is 0 Å². The van der Waals surface area contributed by atoms with Crippen molar-refractivity contribution in [3.63, 3.8) is 0 Å². The molecule has 0 amide bonds. The van der Waals surface area contributed by atoms with Crippen molar-refractivity contribution in [1.82, 2.24) is 0 Å². The lowest BCUT2D eigenvalue weighted by Crippen LogP contribution is -2.05. The normalized spacial score (nSPS) is 12.2. The van der Waals surface area contributed by atoms with E-state index >= 15 is 0 Å². The molecule has 4 nitrogen and oxygen atoms in total. The minimum atomic E-state index is 0.324. The molecule has 0 aliphatic heterocycles. The van der Waals surface area contributed by atoms with Crippen LogP contribution in [0.1, 0.15) is 36.1 Å². The molecule has 0 saturated heterocycles. The Balaban J connectivity index is 2.20. The van der Waals surface area contributed by atoms with Crippen molar-refractivity contribution in [3.05, 3.63) is 68.7 Å². The lowest BCUT2D eigenvalue weighted by Gasteiger charge is -2.11. The molecule has 0 radical (unpaired) electrons. The highest BCUT2D eigenvalue weighted by Crippen LogP contribution is 2.20. The first-order valence-corrected chi connectivity index (χ1v) is 8.47. The molecule has 2 rings (SSSR count). The van der Waals surface area contributed by atoms with Crippen LogP contribution in [0.3, 0.4) is 0 Å². The zero-order valence-corrected chi connectivity index (χ0v) is 16.1. The van der Waals surface area contributed by atoms with Crippen LogP contribution in [0, 0.1) is 6.92 Å². The van der Waals surface area contributed by atoms with Gasteiger partial charge in [-0.05, 0) is 44.5 Å². The van der Waals surface area contributed by atoms with E-state index in [0.717, 1.165) is 28.0 Å². The van der Waals surface area contributed by atoms with E-state index in [1.54, 1.807) is 18.2 Å². The molecule has 0 spiro atoms. The zero-order chi connectivity index (χ0) is 18.4. The first-order valence-electron chi connectivity index (χ1n) is 7.72. The fourth-order valence-corrected chi connectivity index (χ4v) is 2.95. The van der Waals surface area contributed by atoms with Crippen LogP contribution in [-0.2, 0) is 16.3 Å². The van der Waals surface area contributed by atoms with E-state index in [-0.39, 0.29) is 0 Å². The second-order valence-electron chi connectivity index (χ2n) is 5.57. The second kappa shape index (κ2) is 8.88. The number of hydrogen-bond acceptors (Lipinski definition) is 4. The fraction of sp³-hybridized carbons (Fsp3) is 0.263. The maximum atomic E-state index is 6.02. The number of nitrogens with zero attached hydrogens (tertiary/aromatic N) is 2. The summed E-state index contributed by atoms with van der Waals surface area (Å²) in [6.07, 6.45) is 0. The molecule has 0 fully saturated rings. The highest BCUT2D eigenvalue weighted by atomic mass is 35.5. The van der Waals surface area contributed by atoms with E-state index in [0.29, 0.717) is 22.4 Å². The maximum Gasteiger partial charge on any atom is 0.143 e. The van der Waals surface area contributed by atoms with Crippen molar-refractivity contribution in [2.45, 2.75) is 27.4 Å². The molecule has 6 heteroatoms. The van der Waals surface area contributed by atoms with Crippen LogP contribution < -0.4 is 0 Å². The number of rotatable bonds is 6. The third-order valence-corrected chi connectivity index (χ3v) is 4.16. The van der Waals surface area contributed by atoms with Gasteiger partial charge in [0.1, 0.15) is 13.7 Å². The van der Waals surface area contributed by atoms with Gasteiger partial charge >= 0.3 is 0 Å². The maximum absolute atomic E-state index is 6.02. The van der Waals surface area contributed by atoms with E-state index in [1.165, 1.54) is 7.11 Å². The minimum Gasteiger partial charge on any atom is -0.399 e. The fourth-order valence-electron chi connectivity index (χ4n) is 2.43. The average Bonchev–Trinajstić information content (AvgIpc) is 2.55. The van der Waals surface area contributed by atoms with Crippen molar-refractivity contribution in [3.8, 4) is 0 Å². The van der Waals surface area contributed by atoms with Crippen molar-refractivity contribution in [2.75, 3.05) is 7.11 Å². The molecule has 0 heterocycles. The minimum absolute atomic E-state index is 0.324. The predicted octanol–water partition coefficient (Wildman–Crippen LogP) is 5.61. The van der Waals surface area contributed by atoms with Crippen LogP contribution >= 0.6 is 23.2 Å². The molecule has 2 aromatic rings. The molecule has 0 aliphatic carbocycles. The lowest BCUT2D eigenvalue weighted by atomic mass is 10.00. The van der Waals surface area contributed by atoms with E-state index in [9.17, 15) is 0 Å². The summed E-state index contributed by atoms with van der Waals surface area (Å²) in [5.74, 6) is 0. The van der Waals surface area contributed by atoms with Gasteiger partial charge in [0.25, 0.3) is 0 Å². The standard InChI is InChI=1S/C19H20Cl2N2O2/c1-12-6-5-7-18(14(3)22-24-4)19(12)11-25-23-13(2)15-8-16(20)10-17(21)9-15/h5-10H,11H2,1-4H3/b22-14-,23-13+. The number of oxime groups is 2. The van der Waals surface area contributed by atoms with E-state index in [2.05, 4.69) is 10.3 Å². The Labute approximate surface area is 158 Å². The molecule has 0 unspecified atom stereocenters. The monoisotopic (exact) mass is 378 g/mol. The Morgan fingerprint density at radius 2 is 1.68 bits per heavy atom. The van der Waals surface area contributed by atoms with Crippen molar-refractivity contribution in [2.24, 2.45) is 10.3 Å². The van der Waals surface area contributed by atoms with Crippen molar-refractivity contribution < 1.29 is 9.68 Å². The molecule has 0 aliphatic rings. The van der Waals surface area contributed by atoms with Gasteiger partial charge in [-0.2, -0.15) is 0 Å². The number of benzene rings is 2. The summed E-state index contributed by atoms with van der Waals surface area (Å²) in [7, 11) is 1.53. The molecule has 2 aromatic carbocycles. The second-order valence-corrected chi connectivity index (χ2v) is 6.44. The number of halogens is 2. The third-order valence-electron chi connectivity index (χ3n) is 3.72. The largest absolute Gasteiger partial charge is 0.399 e. The number of aryl methyl sites for hydroxylation is 1. The first kappa shape index (κ1) is 19.3. The Hall–Kier alpha value is -2.04. The van der Waals surface area contributed by atoms with Gasteiger partial charge in [-0.1, -0.05) is 51.7 Å². The van der Waals surface area contributed by atoms with E-state index < -0.39 is 0 Å². The Kier molecular flexibility index (Phi) is 6.85. The van der Waals surface area contributed by atoms with E-state index in [4.69, 9.17) is 32.9 Å². The summed E-state index contributed by atoms with van der Waals surface area (Å²) < 4.78 is 0. The molecule has 0 atom stereocenters. The highest BCUT2D eigenvalue weighted by Gasteiger charge is 2.10. The molecule has 0 bridgehead atoms. The summed E-state index contributed by atoms with van der Waals surface area (Å²) in [5.41, 5.74) is 5.39. The Bertz CT molecular complexity index is 797. The Morgan fingerprint density at radius 3 is 2.32 bits per heavy atom. The summed E-state index contributed by atoms with van der Waals surface area (Å²) in [6, 6.07) is 11.3. The quantitative estimate of drug-likeness (QED) is 0.483. The molecule has 0 aromatic heterocycles. The lowest BCUT2D eigenvalue weighted by molar-refractivity contribution is 0.130. The van der Waals surface area contributed by atoms with Gasteiger partial charge in [0.05, 0.1) is 11.4 Å². The van der Waals surface area contributed by atoms with Gasteiger partial charge in [0.2, 0.25) is 0 Å². The van der Waals surface area contributed by atoms with Gasteiger partial charge in [-0.15, -0.1) is 0 Å². The predicted molar refractivity (Wildman–Crippen MR) is 104 cm³/mol. The molecular weight excluding hydrogens is 359 g/mol. The molecule has 0 N–H and O–H groups in total. The van der Waals surface area contributed by atoms with Gasteiger partial charge in [0.15, 0.2) is 0 Å². The van der Waals surface area contributed by atoms with Crippen LogP contribution in [0.5, 0.6) is 0 Å². The summed E-state index contributed by atoms with van der Waals surface area (Å²) >= 11 is 12.0. The molecular formula is C19H20Cl2N2O2. The SMILES string of the molecule is CO/N=C(/C)c1cccc(C)c1CO/N=C(\C)c1cc(Cl)cc(Cl)c1. The number of hydrogen-bond donors (Lipinski definition) is 0. The third kappa shape index (κ3) is 5.21. The van der Waals surface area contributed by atoms with Gasteiger partial charge in [-0.25, -0.2) is 0 Å². The van der Waals surface area contributed by atoms with Crippen molar-refractivity contribution in [1.29, 1.82) is 0 Å². The van der Waals surface area contributed by atoms with Gasteiger partial charge in [0, 0.05) is 26.7 Å². The van der Waals surface area contributed by atoms with Crippen molar-refractivity contribution >= 4 is 34.6 Å². The molecule has 0 saturated carbocycles. The highest BCUT2D eigenvalue weighted by molar-refractivity contribution is 6.35. The topological polar surface area (TPSA) is 43.2 Å². The Morgan fingerprint density at radius 1 is 1.00 bits per heavy atom. The van der Waals surface area contributed by atoms with Gasteiger partial charge < -0.3 is 9.68 Å². The van der Waals surface area contributed by atoms with E-state index in [1.807, 2.05) is 39.0 Å². The summed E-state index contributed by atoms with van der Waals surface area (Å²) in [6.45, 7) is 6.09. The summed E-state index contributed by atoms with van der Waals surface area (Å²) in [5, 5.41) is 9.31. The smallest absolute Gasteiger partial charge is 0.143 e. The van der Waals surface area contributed by atoms with Crippen LogP contribution in [0.4, 0.5) is 0 Å². The summed E-state index contributed by atoms with van der Waals surface area (Å²) in [4.78, 5) is 10.4.